The first kappa shape index (κ1) is 64.1. The molecule has 8 amide bonds. The number of aliphatic hydroxyl groups is 2. The molecular formula is C44H74N12O17S. The summed E-state index contributed by atoms with van der Waals surface area (Å²) in [6.45, 7) is 5.61. The number of methoxy groups -OCH3 is 1. The first-order valence-corrected chi connectivity index (χ1v) is 24.9. The summed E-state index contributed by atoms with van der Waals surface area (Å²) in [4.78, 5) is 140. The van der Waals surface area contributed by atoms with Crippen LogP contribution in [0, 0.1) is 11.8 Å². The van der Waals surface area contributed by atoms with Crippen molar-refractivity contribution in [3.05, 3.63) is 11.3 Å². The van der Waals surface area contributed by atoms with Gasteiger partial charge in [0.1, 0.15) is 41.8 Å². The minimum absolute atomic E-state index is 0.0281. The Hall–Kier alpha value is -6.02. The van der Waals surface area contributed by atoms with E-state index in [4.69, 9.17) is 48.4 Å². The molecule has 0 bridgehead atoms. The predicted octanol–water partition coefficient (Wildman–Crippen LogP) is -6.02. The second kappa shape index (κ2) is 30.4. The number of β-lactam (4-membered cyclic amide) rings is 1. The van der Waals surface area contributed by atoms with Crippen LogP contribution in [0.4, 0.5) is 0 Å². The normalized spacial score (nSPS) is 19.5. The molecule has 0 aromatic rings. The van der Waals surface area contributed by atoms with E-state index in [0.29, 0.717) is 6.42 Å². The number of fused-ring (bicyclic) bond motifs is 1. The molecule has 0 saturated carbocycles. The largest absolute Gasteiger partial charge is 0.480 e. The van der Waals surface area contributed by atoms with Crippen LogP contribution >= 0.6 is 11.8 Å². The lowest BCUT2D eigenvalue weighted by Crippen LogP contribution is -2.80. The van der Waals surface area contributed by atoms with Crippen molar-refractivity contribution in [2.24, 2.45) is 40.5 Å². The summed E-state index contributed by atoms with van der Waals surface area (Å²) in [5.41, 5.74) is 25.9. The van der Waals surface area contributed by atoms with Crippen molar-refractivity contribution < 1.29 is 82.6 Å². The number of nitrogens with two attached hydrogens (primary N) is 5. The number of amides is 8. The second-order valence-corrected chi connectivity index (χ2v) is 19.5. The Balaban J connectivity index is 1.97. The van der Waals surface area contributed by atoms with Crippen molar-refractivity contribution in [3.63, 3.8) is 0 Å². The lowest BCUT2D eigenvalue weighted by molar-refractivity contribution is -0.192. The third-order valence-corrected chi connectivity index (χ3v) is 13.2. The van der Waals surface area contributed by atoms with E-state index in [1.54, 1.807) is 27.7 Å². The minimum atomic E-state index is -1.96. The van der Waals surface area contributed by atoms with Gasteiger partial charge in [-0.3, -0.25) is 52.8 Å². The number of thioether (sulfide) groups is 1. The maximum Gasteiger partial charge on any atom is 0.352 e. The van der Waals surface area contributed by atoms with Crippen LogP contribution in [0.15, 0.2) is 11.3 Å². The minimum Gasteiger partial charge on any atom is -0.480 e. The molecule has 2 aliphatic heterocycles. The van der Waals surface area contributed by atoms with E-state index in [1.165, 1.54) is 0 Å². The monoisotopic (exact) mass is 1070 g/mol. The lowest BCUT2D eigenvalue weighted by atomic mass is 9.97. The van der Waals surface area contributed by atoms with Gasteiger partial charge in [-0.1, -0.05) is 27.7 Å². The molecule has 20 N–H and O–H groups in total. The molecule has 8 unspecified atom stereocenters. The van der Waals surface area contributed by atoms with Crippen LogP contribution < -0.4 is 60.6 Å². The van der Waals surface area contributed by atoms with Crippen molar-refractivity contribution >= 4 is 76.9 Å². The molecule has 2 rings (SSSR count). The van der Waals surface area contributed by atoms with Gasteiger partial charge in [0.2, 0.25) is 41.4 Å². The number of esters is 1. The molecule has 0 aromatic heterocycles. The van der Waals surface area contributed by atoms with Crippen LogP contribution in [0.2, 0.25) is 0 Å². The number of rotatable bonds is 34. The van der Waals surface area contributed by atoms with E-state index in [0.717, 1.165) is 23.8 Å². The highest BCUT2D eigenvalue weighted by atomic mass is 32.2. The summed E-state index contributed by atoms with van der Waals surface area (Å²) < 4.78 is 10.6. The van der Waals surface area contributed by atoms with E-state index >= 15 is 0 Å². The number of aliphatic carboxylic acids is 2. The molecule has 10 atom stereocenters. The number of nitrogens with one attached hydrogen (secondary N) is 6. The molecule has 1 fully saturated rings. The Bertz CT molecular complexity index is 2080. The first-order chi connectivity index (χ1) is 34.6. The zero-order valence-electron chi connectivity index (χ0n) is 42.1. The third kappa shape index (κ3) is 18.7. The summed E-state index contributed by atoms with van der Waals surface area (Å²) in [6, 6.07) is -8.17. The van der Waals surface area contributed by atoms with Crippen molar-refractivity contribution in [2.45, 2.75) is 145 Å². The number of nitrogens with zero attached hydrogens (tertiary/aromatic N) is 1. The SMILES string of the molecule is CO[C@@]1(NC(=O)CCC[C@@H](N)C(=O)O)C(=O)N2C(C(=O)O)=C(COC(=O)CC(O)C(CC(N)=O)NC(=O)C(NC(=O)C(N)CCCNC(=O)C(NC(=O)C(N)CCCNC(=O)C(N)CO)C(C)C)C(C)C)CSC21. The van der Waals surface area contributed by atoms with E-state index in [-0.39, 0.29) is 68.9 Å². The Labute approximate surface area is 431 Å². The van der Waals surface area contributed by atoms with Crippen molar-refractivity contribution in [1.82, 2.24) is 36.8 Å². The highest BCUT2D eigenvalue weighted by molar-refractivity contribution is 8.00. The number of carbonyl (C=O) groups excluding carboxylic acids is 9. The van der Waals surface area contributed by atoms with Gasteiger partial charge in [-0.2, -0.15) is 0 Å². The Morgan fingerprint density at radius 3 is 1.76 bits per heavy atom. The summed E-state index contributed by atoms with van der Waals surface area (Å²) in [6.07, 6.45) is -2.76. The summed E-state index contributed by atoms with van der Waals surface area (Å²) in [7, 11) is 1.13. The smallest absolute Gasteiger partial charge is 0.352 e. The van der Waals surface area contributed by atoms with Gasteiger partial charge in [-0.15, -0.1) is 11.8 Å². The molecule has 0 spiro atoms. The Morgan fingerprint density at radius 2 is 1.27 bits per heavy atom. The van der Waals surface area contributed by atoms with Crippen LogP contribution in [0.25, 0.3) is 0 Å². The van der Waals surface area contributed by atoms with Gasteiger partial charge in [0.05, 0.1) is 37.3 Å². The van der Waals surface area contributed by atoms with Gasteiger partial charge in [0.15, 0.2) is 0 Å². The summed E-state index contributed by atoms with van der Waals surface area (Å²) in [5, 5.41) is 53.3. The lowest BCUT2D eigenvalue weighted by Gasteiger charge is -2.55. The van der Waals surface area contributed by atoms with Crippen LogP contribution in [0.1, 0.15) is 85.5 Å². The quantitative estimate of drug-likeness (QED) is 0.0123. The van der Waals surface area contributed by atoms with Gasteiger partial charge in [0.25, 0.3) is 11.6 Å². The van der Waals surface area contributed by atoms with E-state index in [1.807, 2.05) is 0 Å². The second-order valence-electron chi connectivity index (χ2n) is 18.5. The van der Waals surface area contributed by atoms with Gasteiger partial charge >= 0.3 is 17.9 Å². The fourth-order valence-corrected chi connectivity index (χ4v) is 8.91. The average Bonchev–Trinajstić information content (AvgIpc) is 3.33. The third-order valence-electron chi connectivity index (χ3n) is 11.9. The Kier molecular flexibility index (Phi) is 26.3. The number of primary amides is 1. The molecule has 74 heavy (non-hydrogen) atoms. The maximum absolute atomic E-state index is 13.6. The van der Waals surface area contributed by atoms with Crippen LogP contribution in [-0.2, 0) is 62.2 Å². The number of hydrogen-bond acceptors (Lipinski definition) is 20. The molecule has 2 aliphatic rings. The van der Waals surface area contributed by atoms with Crippen molar-refractivity contribution in [2.75, 3.05) is 39.2 Å². The summed E-state index contributed by atoms with van der Waals surface area (Å²) in [5.74, 6) is -10.9. The number of carboxylic acids is 2. The fraction of sp³-hybridized carbons (Fsp3) is 0.705. The van der Waals surface area contributed by atoms with Gasteiger partial charge in [-0.25, -0.2) is 4.79 Å². The molecular weight excluding hydrogens is 1000 g/mol. The molecule has 0 aliphatic carbocycles. The number of ether oxygens (including phenoxy) is 2. The molecule has 30 heteroatoms. The zero-order chi connectivity index (χ0) is 56.2. The van der Waals surface area contributed by atoms with E-state index in [9.17, 15) is 63.0 Å². The van der Waals surface area contributed by atoms with Crippen LogP contribution in [0.5, 0.6) is 0 Å². The number of carboxylic acid groups (broad SMARTS) is 2. The highest BCUT2D eigenvalue weighted by Gasteiger charge is 2.66. The van der Waals surface area contributed by atoms with Crippen LogP contribution in [0.3, 0.4) is 0 Å². The number of hydrogen-bond donors (Lipinski definition) is 15. The number of carbonyl (C=O) groups is 11. The Morgan fingerprint density at radius 1 is 0.743 bits per heavy atom. The van der Waals surface area contributed by atoms with E-state index in [2.05, 4.69) is 31.9 Å². The standard InChI is InChI=1S/C44H74N12O17S/c1-20(2)32(53-36(63)23(45)10-7-13-50-35(62)26(48)17-57)38(65)51-14-8-11-24(46)37(64)54-33(21(3)4)39(66)52-27(15-29(49)59)28(58)16-31(61)73-18-22-19-74-43-44(72-5,42(71)56(43)34(22)41(69)70)55-30(60)12-6-9-25(47)40(67)68/h20-21,23-28,32-33,43,57-58H,6-19,45-48H2,1-5H3,(H2,49,59)(H,50,62)(H,51,65)(H,52,66)(H,53,63)(H,54,64)(H,55,60)(H,67,68)(H,69,70)/t23?,24?,25-,26?,27?,28?,32?,33?,43?,44+/m1/s1. The maximum atomic E-state index is 13.6. The van der Waals surface area contributed by atoms with Crippen molar-refractivity contribution in [1.29, 1.82) is 0 Å². The fourth-order valence-electron chi connectivity index (χ4n) is 7.49. The van der Waals surface area contributed by atoms with Gasteiger partial charge < -0.3 is 90.5 Å². The average molecular weight is 1080 g/mol. The zero-order valence-corrected chi connectivity index (χ0v) is 42.9. The van der Waals surface area contributed by atoms with Gasteiger partial charge in [0, 0.05) is 44.4 Å². The number of aliphatic hydroxyl groups excluding tert-OH is 2. The first-order valence-electron chi connectivity index (χ1n) is 23.8. The molecule has 1 saturated heterocycles. The van der Waals surface area contributed by atoms with Crippen molar-refractivity contribution in [3.8, 4) is 0 Å². The summed E-state index contributed by atoms with van der Waals surface area (Å²) >= 11 is 0.986. The van der Waals surface area contributed by atoms with E-state index < -0.39 is 162 Å². The van der Waals surface area contributed by atoms with Gasteiger partial charge in [-0.05, 0) is 50.4 Å². The predicted molar refractivity (Wildman–Crippen MR) is 261 cm³/mol. The highest BCUT2D eigenvalue weighted by Crippen LogP contribution is 2.46. The molecule has 418 valence electrons. The molecule has 0 aromatic carbocycles. The molecule has 2 heterocycles. The van der Waals surface area contributed by atoms with Crippen LogP contribution in [-0.4, -0.2) is 189 Å². The topological polar surface area (TPSA) is 493 Å². The molecule has 29 nitrogen and oxygen atoms in total. The molecule has 0 radical (unpaired) electrons.